The number of rotatable bonds is 5. The number of Topliss-reactive ketones (excluding diaryl/α,β-unsaturated/α-hetero) is 1. The Morgan fingerprint density at radius 2 is 2.24 bits per heavy atom. The number of ether oxygens (including phenoxy) is 1. The van der Waals surface area contributed by atoms with Crippen LogP contribution in [0.5, 0.6) is 5.75 Å². The third-order valence-corrected chi connectivity index (χ3v) is 2.51. The largest absolute Gasteiger partial charge is 0.486 e. The van der Waals surface area contributed by atoms with Crippen molar-refractivity contribution < 1.29 is 9.53 Å². The highest BCUT2D eigenvalue weighted by atomic mass is 16.5. The second-order valence-electron chi connectivity index (χ2n) is 3.94. The zero-order valence-electron chi connectivity index (χ0n) is 9.85. The molecule has 0 aliphatic carbocycles. The summed E-state index contributed by atoms with van der Waals surface area (Å²) in [7, 11) is 0. The molecule has 1 heterocycles. The van der Waals surface area contributed by atoms with Gasteiger partial charge in [-0.25, -0.2) is 0 Å². The molecule has 1 aromatic carbocycles. The highest BCUT2D eigenvalue weighted by molar-refractivity contribution is 5.81. The van der Waals surface area contributed by atoms with Crippen molar-refractivity contribution in [2.24, 2.45) is 0 Å². The maximum atomic E-state index is 11.3. The van der Waals surface area contributed by atoms with E-state index in [2.05, 4.69) is 4.98 Å². The van der Waals surface area contributed by atoms with E-state index in [-0.39, 0.29) is 12.4 Å². The fourth-order valence-electron chi connectivity index (χ4n) is 1.65. The minimum absolute atomic E-state index is 0.133. The van der Waals surface area contributed by atoms with Gasteiger partial charge < -0.3 is 4.74 Å². The van der Waals surface area contributed by atoms with Crippen LogP contribution in [0.15, 0.2) is 36.5 Å². The predicted molar refractivity (Wildman–Crippen MR) is 67.2 cm³/mol. The summed E-state index contributed by atoms with van der Waals surface area (Å²) in [5.41, 5.74) is 0.882. The van der Waals surface area contributed by atoms with Crippen molar-refractivity contribution in [1.29, 1.82) is 0 Å². The lowest BCUT2D eigenvalue weighted by Crippen LogP contribution is -2.10. The lowest BCUT2D eigenvalue weighted by Gasteiger charge is -2.05. The van der Waals surface area contributed by atoms with E-state index >= 15 is 0 Å². The first-order valence-corrected chi connectivity index (χ1v) is 5.79. The molecule has 0 amide bonds. The molecule has 1 aromatic heterocycles. The number of carbonyl (C=O) groups excluding carboxylic acids is 1. The summed E-state index contributed by atoms with van der Waals surface area (Å²) in [5.74, 6) is 0.828. The summed E-state index contributed by atoms with van der Waals surface area (Å²) in [4.78, 5) is 15.6. The highest BCUT2D eigenvalue weighted by Crippen LogP contribution is 2.18. The molecule has 3 heteroatoms. The number of hydrogen-bond donors (Lipinski definition) is 0. The molecule has 0 aliphatic heterocycles. The van der Waals surface area contributed by atoms with Gasteiger partial charge in [-0.15, -0.1) is 0 Å². The standard InChI is InChI=1S/C14H15NO2/c1-2-4-12(16)10-17-13-7-6-11-5-3-8-15-14(11)9-13/h3,5-9H,2,4,10H2,1H3. The zero-order chi connectivity index (χ0) is 12.1. The molecule has 17 heavy (non-hydrogen) atoms. The van der Waals surface area contributed by atoms with E-state index in [1.165, 1.54) is 0 Å². The van der Waals surface area contributed by atoms with Crippen LogP contribution in [-0.2, 0) is 4.79 Å². The van der Waals surface area contributed by atoms with Crippen molar-refractivity contribution in [1.82, 2.24) is 4.98 Å². The van der Waals surface area contributed by atoms with Crippen LogP contribution >= 0.6 is 0 Å². The van der Waals surface area contributed by atoms with Crippen molar-refractivity contribution in [2.45, 2.75) is 19.8 Å². The van der Waals surface area contributed by atoms with Crippen LogP contribution in [0.1, 0.15) is 19.8 Å². The molecular formula is C14H15NO2. The van der Waals surface area contributed by atoms with Gasteiger partial charge in [0.15, 0.2) is 5.78 Å². The Kier molecular flexibility index (Phi) is 3.70. The van der Waals surface area contributed by atoms with Crippen molar-refractivity contribution in [2.75, 3.05) is 6.61 Å². The van der Waals surface area contributed by atoms with E-state index in [1.807, 2.05) is 37.3 Å². The normalized spacial score (nSPS) is 10.4. The smallest absolute Gasteiger partial charge is 0.170 e. The summed E-state index contributed by atoms with van der Waals surface area (Å²) in [6, 6.07) is 9.56. The zero-order valence-corrected chi connectivity index (χ0v) is 9.85. The fourth-order valence-corrected chi connectivity index (χ4v) is 1.65. The average molecular weight is 229 g/mol. The number of pyridine rings is 1. The van der Waals surface area contributed by atoms with Crippen molar-refractivity contribution in [3.8, 4) is 5.75 Å². The molecular weight excluding hydrogens is 214 g/mol. The van der Waals surface area contributed by atoms with Gasteiger partial charge in [0.25, 0.3) is 0 Å². The molecule has 0 fully saturated rings. The van der Waals surface area contributed by atoms with Crippen LogP contribution in [-0.4, -0.2) is 17.4 Å². The molecule has 2 aromatic rings. The number of carbonyl (C=O) groups is 1. The van der Waals surface area contributed by atoms with Crippen LogP contribution in [0.4, 0.5) is 0 Å². The lowest BCUT2D eigenvalue weighted by atomic mass is 10.2. The van der Waals surface area contributed by atoms with E-state index in [0.717, 1.165) is 17.3 Å². The minimum Gasteiger partial charge on any atom is -0.486 e. The maximum Gasteiger partial charge on any atom is 0.170 e. The summed E-state index contributed by atoms with van der Waals surface area (Å²) >= 11 is 0. The third-order valence-electron chi connectivity index (χ3n) is 2.51. The van der Waals surface area contributed by atoms with Gasteiger partial charge in [0.1, 0.15) is 12.4 Å². The topological polar surface area (TPSA) is 39.2 Å². The monoisotopic (exact) mass is 229 g/mol. The fraction of sp³-hybridized carbons (Fsp3) is 0.286. The van der Waals surface area contributed by atoms with Crippen molar-refractivity contribution in [3.63, 3.8) is 0 Å². The third kappa shape index (κ3) is 3.03. The Hall–Kier alpha value is -1.90. The Balaban J connectivity index is 2.06. The Bertz CT molecular complexity index is 522. The van der Waals surface area contributed by atoms with Crippen molar-refractivity contribution in [3.05, 3.63) is 36.5 Å². The Morgan fingerprint density at radius 1 is 1.35 bits per heavy atom. The summed E-state index contributed by atoms with van der Waals surface area (Å²) < 4.78 is 5.44. The molecule has 0 radical (unpaired) electrons. The van der Waals surface area contributed by atoms with Gasteiger partial charge in [-0.3, -0.25) is 9.78 Å². The summed E-state index contributed by atoms with van der Waals surface area (Å²) in [6.45, 7) is 2.13. The minimum atomic E-state index is 0.133. The molecule has 0 aliphatic rings. The lowest BCUT2D eigenvalue weighted by molar-refractivity contribution is -0.121. The number of nitrogens with zero attached hydrogens (tertiary/aromatic N) is 1. The molecule has 0 saturated heterocycles. The number of fused-ring (bicyclic) bond motifs is 1. The van der Waals surface area contributed by atoms with Gasteiger partial charge in [-0.1, -0.05) is 13.0 Å². The molecule has 0 spiro atoms. The Morgan fingerprint density at radius 3 is 3.06 bits per heavy atom. The number of hydrogen-bond acceptors (Lipinski definition) is 3. The van der Waals surface area contributed by atoms with Gasteiger partial charge in [0.05, 0.1) is 5.52 Å². The van der Waals surface area contributed by atoms with E-state index in [4.69, 9.17) is 4.74 Å². The van der Waals surface area contributed by atoms with Crippen LogP contribution in [0.2, 0.25) is 0 Å². The van der Waals surface area contributed by atoms with E-state index in [0.29, 0.717) is 12.2 Å². The summed E-state index contributed by atoms with van der Waals surface area (Å²) in [6.07, 6.45) is 3.18. The van der Waals surface area contributed by atoms with E-state index in [1.54, 1.807) is 6.20 Å². The van der Waals surface area contributed by atoms with E-state index in [9.17, 15) is 4.79 Å². The quantitative estimate of drug-likeness (QED) is 0.791. The first-order valence-electron chi connectivity index (χ1n) is 5.79. The molecule has 0 bridgehead atoms. The van der Waals surface area contributed by atoms with Crippen LogP contribution in [0.25, 0.3) is 10.9 Å². The van der Waals surface area contributed by atoms with Gasteiger partial charge in [0.2, 0.25) is 0 Å². The molecule has 0 saturated carbocycles. The van der Waals surface area contributed by atoms with Crippen LogP contribution in [0, 0.1) is 0 Å². The van der Waals surface area contributed by atoms with Gasteiger partial charge in [0, 0.05) is 24.1 Å². The molecule has 3 nitrogen and oxygen atoms in total. The van der Waals surface area contributed by atoms with Crippen LogP contribution < -0.4 is 4.74 Å². The van der Waals surface area contributed by atoms with Gasteiger partial charge in [-0.2, -0.15) is 0 Å². The summed E-state index contributed by atoms with van der Waals surface area (Å²) in [5, 5.41) is 1.07. The average Bonchev–Trinajstić information content (AvgIpc) is 2.36. The number of aromatic nitrogens is 1. The predicted octanol–water partition coefficient (Wildman–Crippen LogP) is 2.98. The maximum absolute atomic E-state index is 11.3. The SMILES string of the molecule is CCCC(=O)COc1ccc2cccnc2c1. The first-order chi connectivity index (χ1) is 8.29. The molecule has 0 unspecified atom stereocenters. The molecule has 88 valence electrons. The molecule has 0 atom stereocenters. The van der Waals surface area contributed by atoms with Crippen molar-refractivity contribution >= 4 is 16.7 Å². The van der Waals surface area contributed by atoms with Crippen LogP contribution in [0.3, 0.4) is 0 Å². The van der Waals surface area contributed by atoms with Gasteiger partial charge in [-0.05, 0) is 24.6 Å². The second kappa shape index (κ2) is 5.43. The first kappa shape index (κ1) is 11.6. The number of benzene rings is 1. The van der Waals surface area contributed by atoms with Gasteiger partial charge >= 0.3 is 0 Å². The Labute approximate surface area is 100 Å². The molecule has 2 rings (SSSR count). The highest BCUT2D eigenvalue weighted by Gasteiger charge is 2.02. The number of ketones is 1. The molecule has 0 N–H and O–H groups in total. The van der Waals surface area contributed by atoms with E-state index < -0.39 is 0 Å². The second-order valence-corrected chi connectivity index (χ2v) is 3.94.